The van der Waals surface area contributed by atoms with Gasteiger partial charge >= 0.3 is 0 Å². The van der Waals surface area contributed by atoms with Gasteiger partial charge in [0.2, 0.25) is 0 Å². The average Bonchev–Trinajstić information content (AvgIpc) is 2.24. The molecule has 0 saturated carbocycles. The second-order valence-corrected chi connectivity index (χ2v) is 2.81. The highest BCUT2D eigenvalue weighted by Crippen LogP contribution is 1.88. The fourth-order valence-corrected chi connectivity index (χ4v) is 0.744. The van der Waals surface area contributed by atoms with Crippen LogP contribution in [0.15, 0.2) is 0 Å². The van der Waals surface area contributed by atoms with Gasteiger partial charge in [0.15, 0.2) is 0 Å². The molecule has 0 amide bonds. The lowest BCUT2D eigenvalue weighted by atomic mass is 10.3. The summed E-state index contributed by atoms with van der Waals surface area (Å²) in [6.45, 7) is 13.7. The molecule has 0 aliphatic rings. The summed E-state index contributed by atoms with van der Waals surface area (Å²) in [5.74, 6) is 0. The maximum absolute atomic E-state index is 3.19. The Morgan fingerprint density at radius 3 is 1.57 bits per heavy atom. The normalized spacial score (nSPS) is 8.14. The van der Waals surface area contributed by atoms with Crippen LogP contribution < -0.4 is 10.6 Å². The molecule has 0 spiro atoms. The van der Waals surface area contributed by atoms with Gasteiger partial charge in [0.1, 0.15) is 0 Å². The van der Waals surface area contributed by atoms with Crippen LogP contribution in [0.4, 0.5) is 0 Å². The molecule has 14 heavy (non-hydrogen) atoms. The van der Waals surface area contributed by atoms with E-state index in [0.29, 0.717) is 0 Å². The minimum Gasteiger partial charge on any atom is -0.318 e. The molecule has 0 fully saturated rings. The van der Waals surface area contributed by atoms with Crippen LogP contribution in [0.25, 0.3) is 0 Å². The molecule has 0 aliphatic heterocycles. The van der Waals surface area contributed by atoms with Crippen LogP contribution >= 0.6 is 0 Å². The number of nitrogens with one attached hydrogen (secondary N) is 2. The maximum atomic E-state index is 3.19. The Bertz CT molecular complexity index is 50.3. The first kappa shape index (κ1) is 19.5. The summed E-state index contributed by atoms with van der Waals surface area (Å²) in [5, 5.41) is 6.23. The molecule has 0 heterocycles. The van der Waals surface area contributed by atoms with Gasteiger partial charge in [0, 0.05) is 13.1 Å². The Morgan fingerprint density at radius 2 is 1.36 bits per heavy atom. The zero-order chi connectivity index (χ0) is 11.7. The van der Waals surface area contributed by atoms with Gasteiger partial charge < -0.3 is 10.6 Å². The quantitative estimate of drug-likeness (QED) is 0.650. The summed E-state index contributed by atoms with van der Waals surface area (Å²) >= 11 is 0. The van der Waals surface area contributed by atoms with Crippen LogP contribution in [-0.2, 0) is 0 Å². The molecule has 0 unspecified atom stereocenters. The summed E-state index contributed by atoms with van der Waals surface area (Å²) in [6.07, 6.45) is 4.08. The van der Waals surface area contributed by atoms with E-state index in [1.165, 1.54) is 19.3 Å². The molecule has 0 rings (SSSR count). The van der Waals surface area contributed by atoms with E-state index in [4.69, 9.17) is 0 Å². The summed E-state index contributed by atoms with van der Waals surface area (Å²) < 4.78 is 0. The molecule has 0 aromatic rings. The van der Waals surface area contributed by atoms with Crippen LogP contribution in [0.1, 0.15) is 53.9 Å². The highest BCUT2D eigenvalue weighted by molar-refractivity contribution is 4.42. The van der Waals surface area contributed by atoms with Gasteiger partial charge in [-0.05, 0) is 13.6 Å². The van der Waals surface area contributed by atoms with Gasteiger partial charge in [-0.2, -0.15) is 0 Å². The summed E-state index contributed by atoms with van der Waals surface area (Å²) in [6, 6.07) is 0. The topological polar surface area (TPSA) is 24.1 Å². The van der Waals surface area contributed by atoms with Gasteiger partial charge in [-0.3, -0.25) is 0 Å². The fraction of sp³-hybridized carbons (Fsp3) is 1.00. The monoisotopic (exact) mass is 204 g/mol. The van der Waals surface area contributed by atoms with Crippen molar-refractivity contribution in [3.63, 3.8) is 0 Å². The van der Waals surface area contributed by atoms with Gasteiger partial charge in [0.25, 0.3) is 0 Å². The number of hydrogen-bond acceptors (Lipinski definition) is 2. The molecule has 0 aromatic carbocycles. The molecular weight excluding hydrogens is 172 g/mol. The minimum absolute atomic E-state index is 1.06. The van der Waals surface area contributed by atoms with Crippen LogP contribution in [-0.4, -0.2) is 26.7 Å². The SMILES string of the molecule is CC.CCCCC.CCNCCNC. The first-order valence-electron chi connectivity index (χ1n) is 6.18. The van der Waals surface area contributed by atoms with Gasteiger partial charge in [-0.15, -0.1) is 0 Å². The maximum Gasteiger partial charge on any atom is 0.00764 e. The lowest BCUT2D eigenvalue weighted by Crippen LogP contribution is -2.24. The molecule has 0 bridgehead atoms. The molecule has 0 saturated heterocycles. The largest absolute Gasteiger partial charge is 0.318 e. The van der Waals surface area contributed by atoms with E-state index in [-0.39, 0.29) is 0 Å². The summed E-state index contributed by atoms with van der Waals surface area (Å²) in [5.41, 5.74) is 0. The van der Waals surface area contributed by atoms with E-state index in [2.05, 4.69) is 31.4 Å². The van der Waals surface area contributed by atoms with Crippen LogP contribution in [0.5, 0.6) is 0 Å². The Balaban J connectivity index is -0.000000152. The van der Waals surface area contributed by atoms with Crippen molar-refractivity contribution < 1.29 is 0 Å². The predicted molar refractivity (Wildman–Crippen MR) is 69.0 cm³/mol. The number of rotatable bonds is 6. The van der Waals surface area contributed by atoms with Gasteiger partial charge in [-0.25, -0.2) is 0 Å². The third kappa shape index (κ3) is 40.6. The lowest BCUT2D eigenvalue weighted by molar-refractivity contribution is 0.672. The third-order valence-corrected chi connectivity index (χ3v) is 1.51. The lowest BCUT2D eigenvalue weighted by Gasteiger charge is -1.96. The summed E-state index contributed by atoms with van der Waals surface area (Å²) in [7, 11) is 1.96. The van der Waals surface area contributed by atoms with Crippen molar-refractivity contribution in [2.45, 2.75) is 53.9 Å². The second kappa shape index (κ2) is 29.3. The smallest absolute Gasteiger partial charge is 0.00764 e. The Kier molecular flexibility index (Phi) is 40.7. The average molecular weight is 204 g/mol. The third-order valence-electron chi connectivity index (χ3n) is 1.51. The molecule has 0 radical (unpaired) electrons. The molecule has 90 valence electrons. The van der Waals surface area contributed by atoms with Crippen molar-refractivity contribution in [3.8, 4) is 0 Å². The van der Waals surface area contributed by atoms with E-state index in [0.717, 1.165) is 19.6 Å². The van der Waals surface area contributed by atoms with Crippen LogP contribution in [0, 0.1) is 0 Å². The number of hydrogen-bond donors (Lipinski definition) is 2. The van der Waals surface area contributed by atoms with Crippen molar-refractivity contribution in [2.24, 2.45) is 0 Å². The van der Waals surface area contributed by atoms with Crippen molar-refractivity contribution in [1.82, 2.24) is 10.6 Å². The molecule has 0 aliphatic carbocycles. The zero-order valence-electron chi connectivity index (χ0n) is 11.2. The molecule has 2 heteroatoms. The zero-order valence-corrected chi connectivity index (χ0v) is 11.2. The van der Waals surface area contributed by atoms with Crippen molar-refractivity contribution in [3.05, 3.63) is 0 Å². The van der Waals surface area contributed by atoms with Gasteiger partial charge in [-0.1, -0.05) is 53.9 Å². The minimum atomic E-state index is 1.06. The molecular formula is C12H32N2. The van der Waals surface area contributed by atoms with Crippen molar-refractivity contribution in [1.29, 1.82) is 0 Å². The van der Waals surface area contributed by atoms with Crippen LogP contribution in [0.3, 0.4) is 0 Å². The molecule has 0 atom stereocenters. The summed E-state index contributed by atoms with van der Waals surface area (Å²) in [4.78, 5) is 0. The Morgan fingerprint density at radius 1 is 0.857 bits per heavy atom. The fourth-order valence-electron chi connectivity index (χ4n) is 0.744. The molecule has 2 nitrogen and oxygen atoms in total. The van der Waals surface area contributed by atoms with E-state index in [9.17, 15) is 0 Å². The van der Waals surface area contributed by atoms with E-state index >= 15 is 0 Å². The van der Waals surface area contributed by atoms with E-state index in [1.54, 1.807) is 0 Å². The first-order valence-corrected chi connectivity index (χ1v) is 6.18. The van der Waals surface area contributed by atoms with E-state index < -0.39 is 0 Å². The second-order valence-electron chi connectivity index (χ2n) is 2.81. The van der Waals surface area contributed by atoms with Crippen LogP contribution in [0.2, 0.25) is 0 Å². The van der Waals surface area contributed by atoms with Crippen molar-refractivity contribution >= 4 is 0 Å². The Labute approximate surface area is 91.9 Å². The number of likely N-dealkylation sites (N-methyl/N-ethyl adjacent to an activating group) is 2. The highest BCUT2D eigenvalue weighted by atomic mass is 14.9. The van der Waals surface area contributed by atoms with Crippen molar-refractivity contribution in [2.75, 3.05) is 26.7 Å². The Hall–Kier alpha value is -0.0800. The van der Waals surface area contributed by atoms with E-state index in [1.807, 2.05) is 20.9 Å². The standard InChI is InChI=1S/C5H14N2.C5H12.C2H6/c1-3-7-5-4-6-2;1-3-5-4-2;1-2/h6-7H,3-5H2,1-2H3;3-5H2,1-2H3;1-2H3. The van der Waals surface area contributed by atoms with Gasteiger partial charge in [0.05, 0.1) is 0 Å². The first-order chi connectivity index (χ1) is 6.83. The highest BCUT2D eigenvalue weighted by Gasteiger charge is 1.75. The predicted octanol–water partition coefficient (Wildman–Crippen LogP) is 3.04. The molecule has 0 aromatic heterocycles. The number of unbranched alkanes of at least 4 members (excludes halogenated alkanes) is 2. The molecule has 2 N–H and O–H groups in total.